The summed E-state index contributed by atoms with van der Waals surface area (Å²) in [4.78, 5) is 24.7. The van der Waals surface area contributed by atoms with E-state index in [9.17, 15) is 14.0 Å². The Labute approximate surface area is 166 Å². The van der Waals surface area contributed by atoms with Gasteiger partial charge >= 0.3 is 5.63 Å². The summed E-state index contributed by atoms with van der Waals surface area (Å²) in [5, 5.41) is 4.59. The molecule has 0 unspecified atom stereocenters. The van der Waals surface area contributed by atoms with E-state index in [1.807, 2.05) is 19.9 Å². The lowest BCUT2D eigenvalue weighted by atomic mass is 10.0. The van der Waals surface area contributed by atoms with Gasteiger partial charge in [0.25, 0.3) is 0 Å². The summed E-state index contributed by atoms with van der Waals surface area (Å²) >= 11 is 0. The normalized spacial score (nSPS) is 11.3. The van der Waals surface area contributed by atoms with E-state index in [1.165, 1.54) is 12.1 Å². The van der Waals surface area contributed by atoms with Gasteiger partial charge in [-0.1, -0.05) is 12.1 Å². The number of carbonyl (C=O) groups is 1. The number of nitrogens with one attached hydrogen (secondary N) is 1. The molecule has 0 bridgehead atoms. The van der Waals surface area contributed by atoms with E-state index in [0.717, 1.165) is 27.5 Å². The van der Waals surface area contributed by atoms with Crippen LogP contribution in [0, 0.1) is 19.7 Å². The van der Waals surface area contributed by atoms with Crippen LogP contribution in [0.4, 0.5) is 4.39 Å². The molecule has 0 radical (unpaired) electrons. The van der Waals surface area contributed by atoms with Crippen LogP contribution in [0.3, 0.4) is 0 Å². The summed E-state index contributed by atoms with van der Waals surface area (Å²) in [7, 11) is 0. The summed E-state index contributed by atoms with van der Waals surface area (Å²) in [5.41, 5.74) is 3.82. The highest BCUT2D eigenvalue weighted by atomic mass is 19.1. The van der Waals surface area contributed by atoms with Gasteiger partial charge in [-0.15, -0.1) is 0 Å². The number of furan rings is 1. The van der Waals surface area contributed by atoms with Crippen LogP contribution in [-0.2, 0) is 17.8 Å². The van der Waals surface area contributed by atoms with Crippen molar-refractivity contribution < 1.29 is 18.0 Å². The van der Waals surface area contributed by atoms with E-state index in [4.69, 9.17) is 8.83 Å². The fourth-order valence-electron chi connectivity index (χ4n) is 3.46. The van der Waals surface area contributed by atoms with Crippen LogP contribution in [0.15, 0.2) is 56.3 Å². The van der Waals surface area contributed by atoms with Gasteiger partial charge in [-0.05, 0) is 55.2 Å². The molecule has 2 aromatic carbocycles. The minimum atomic E-state index is -0.441. The number of carbonyl (C=O) groups excluding carboxylic acids is 1. The van der Waals surface area contributed by atoms with Gasteiger partial charge < -0.3 is 14.2 Å². The topological polar surface area (TPSA) is 72.5 Å². The monoisotopic (exact) mass is 393 g/mol. The maximum Gasteiger partial charge on any atom is 0.339 e. The van der Waals surface area contributed by atoms with E-state index >= 15 is 0 Å². The van der Waals surface area contributed by atoms with Crippen LogP contribution in [0.5, 0.6) is 0 Å². The summed E-state index contributed by atoms with van der Waals surface area (Å²) in [5.74, 6) is -0.504. The zero-order valence-electron chi connectivity index (χ0n) is 16.2. The fraction of sp³-hybridized carbons (Fsp3) is 0.217. The van der Waals surface area contributed by atoms with E-state index in [-0.39, 0.29) is 24.6 Å². The van der Waals surface area contributed by atoms with Gasteiger partial charge in [0, 0.05) is 35.4 Å². The number of benzene rings is 2. The number of fused-ring (bicyclic) bond motifs is 2. The fourth-order valence-corrected chi connectivity index (χ4v) is 3.46. The van der Waals surface area contributed by atoms with Gasteiger partial charge in [0.05, 0.1) is 6.26 Å². The van der Waals surface area contributed by atoms with Crippen molar-refractivity contribution in [3.05, 3.63) is 81.2 Å². The van der Waals surface area contributed by atoms with E-state index in [1.54, 1.807) is 24.5 Å². The Hall–Kier alpha value is -3.41. The Bertz CT molecular complexity index is 1270. The summed E-state index contributed by atoms with van der Waals surface area (Å²) in [6.07, 6.45) is 2.11. The SMILES string of the molecule is Cc1coc2cc3oc(=O)c(CCC(=O)NCc4ccc(F)cc4)c(C)c3cc12. The van der Waals surface area contributed by atoms with Gasteiger partial charge in [-0.25, -0.2) is 9.18 Å². The first-order valence-corrected chi connectivity index (χ1v) is 9.37. The second-order valence-corrected chi connectivity index (χ2v) is 7.16. The van der Waals surface area contributed by atoms with Gasteiger partial charge in [0.1, 0.15) is 17.0 Å². The third-order valence-electron chi connectivity index (χ3n) is 5.18. The van der Waals surface area contributed by atoms with E-state index in [0.29, 0.717) is 23.3 Å². The Morgan fingerprint density at radius 2 is 1.83 bits per heavy atom. The van der Waals surface area contributed by atoms with Crippen LogP contribution in [0.2, 0.25) is 0 Å². The molecule has 2 aromatic heterocycles. The molecule has 0 saturated carbocycles. The zero-order valence-corrected chi connectivity index (χ0v) is 16.2. The Kier molecular flexibility index (Phi) is 4.92. The first-order valence-electron chi connectivity index (χ1n) is 9.37. The van der Waals surface area contributed by atoms with Crippen molar-refractivity contribution in [1.29, 1.82) is 0 Å². The van der Waals surface area contributed by atoms with E-state index in [2.05, 4.69) is 5.32 Å². The molecule has 0 fully saturated rings. The number of halogens is 1. The maximum absolute atomic E-state index is 12.9. The molecular weight excluding hydrogens is 373 g/mol. The molecule has 0 aliphatic carbocycles. The number of aryl methyl sites for hydroxylation is 2. The highest BCUT2D eigenvalue weighted by Crippen LogP contribution is 2.29. The van der Waals surface area contributed by atoms with Crippen LogP contribution in [-0.4, -0.2) is 5.91 Å². The molecule has 4 rings (SSSR count). The van der Waals surface area contributed by atoms with Crippen molar-refractivity contribution in [2.45, 2.75) is 33.2 Å². The Morgan fingerprint density at radius 3 is 2.59 bits per heavy atom. The minimum absolute atomic E-state index is 0.158. The number of amides is 1. The van der Waals surface area contributed by atoms with Crippen molar-refractivity contribution in [3.8, 4) is 0 Å². The van der Waals surface area contributed by atoms with Crippen LogP contribution in [0.1, 0.15) is 28.7 Å². The van der Waals surface area contributed by atoms with Gasteiger partial charge in [0.15, 0.2) is 0 Å². The largest absolute Gasteiger partial charge is 0.464 e. The minimum Gasteiger partial charge on any atom is -0.464 e. The molecule has 4 aromatic rings. The average molecular weight is 393 g/mol. The smallest absolute Gasteiger partial charge is 0.339 e. The lowest BCUT2D eigenvalue weighted by Gasteiger charge is -2.09. The van der Waals surface area contributed by atoms with Crippen LogP contribution < -0.4 is 10.9 Å². The molecule has 29 heavy (non-hydrogen) atoms. The molecular formula is C23H20FNO4. The first-order chi connectivity index (χ1) is 13.9. The molecule has 0 atom stereocenters. The molecule has 0 aliphatic heterocycles. The maximum atomic E-state index is 12.9. The molecule has 6 heteroatoms. The van der Waals surface area contributed by atoms with Crippen molar-refractivity contribution in [1.82, 2.24) is 5.32 Å². The van der Waals surface area contributed by atoms with Crippen LogP contribution >= 0.6 is 0 Å². The molecule has 0 saturated heterocycles. The van der Waals surface area contributed by atoms with Crippen molar-refractivity contribution >= 4 is 27.8 Å². The molecule has 0 spiro atoms. The quantitative estimate of drug-likeness (QED) is 0.505. The first kappa shape index (κ1) is 18.9. The molecule has 1 amide bonds. The molecule has 1 N–H and O–H groups in total. The average Bonchev–Trinajstić information content (AvgIpc) is 3.06. The summed E-state index contributed by atoms with van der Waals surface area (Å²) in [6, 6.07) is 9.63. The van der Waals surface area contributed by atoms with Crippen molar-refractivity contribution in [2.24, 2.45) is 0 Å². The lowest BCUT2D eigenvalue weighted by Crippen LogP contribution is -2.24. The second-order valence-electron chi connectivity index (χ2n) is 7.16. The third-order valence-corrected chi connectivity index (χ3v) is 5.18. The van der Waals surface area contributed by atoms with Gasteiger partial charge in [-0.2, -0.15) is 0 Å². The Morgan fingerprint density at radius 1 is 1.07 bits per heavy atom. The highest BCUT2D eigenvalue weighted by molar-refractivity contribution is 5.96. The molecule has 2 heterocycles. The lowest BCUT2D eigenvalue weighted by molar-refractivity contribution is -0.121. The van der Waals surface area contributed by atoms with Crippen LogP contribution in [0.25, 0.3) is 21.9 Å². The number of hydrogen-bond donors (Lipinski definition) is 1. The van der Waals surface area contributed by atoms with E-state index < -0.39 is 5.63 Å². The third kappa shape index (κ3) is 3.78. The summed E-state index contributed by atoms with van der Waals surface area (Å²) in [6.45, 7) is 4.13. The van der Waals surface area contributed by atoms with Crippen molar-refractivity contribution in [2.75, 3.05) is 0 Å². The molecule has 148 valence electrons. The number of rotatable bonds is 5. The Balaban J connectivity index is 1.51. The zero-order chi connectivity index (χ0) is 20.5. The highest BCUT2D eigenvalue weighted by Gasteiger charge is 2.15. The predicted octanol–water partition coefficient (Wildman–Crippen LogP) is 4.54. The summed E-state index contributed by atoms with van der Waals surface area (Å²) < 4.78 is 23.9. The number of hydrogen-bond acceptors (Lipinski definition) is 4. The molecule has 5 nitrogen and oxygen atoms in total. The second kappa shape index (κ2) is 7.54. The predicted molar refractivity (Wildman–Crippen MR) is 108 cm³/mol. The van der Waals surface area contributed by atoms with Gasteiger partial charge in [-0.3, -0.25) is 4.79 Å². The van der Waals surface area contributed by atoms with Crippen molar-refractivity contribution in [3.63, 3.8) is 0 Å². The molecule has 0 aliphatic rings. The standard InChI is InChI=1S/C23H20FNO4/c1-13-12-28-20-10-21-19(9-18(13)20)14(2)17(23(27)29-21)7-8-22(26)25-11-15-3-5-16(24)6-4-15/h3-6,9-10,12H,7-8,11H2,1-2H3,(H,25,26). The van der Waals surface area contributed by atoms with Gasteiger partial charge in [0.2, 0.25) is 5.91 Å².